The molecule has 1 aliphatic rings. The smallest absolute Gasteiger partial charge is 0.251 e. The van der Waals surface area contributed by atoms with Gasteiger partial charge in [0.15, 0.2) is 6.04 Å². The number of furan rings is 1. The van der Waals surface area contributed by atoms with Crippen LogP contribution in [0.5, 0.6) is 5.75 Å². The quantitative estimate of drug-likeness (QED) is 0.338. The van der Waals surface area contributed by atoms with Crippen molar-refractivity contribution in [1.82, 2.24) is 20.3 Å². The predicted octanol–water partition coefficient (Wildman–Crippen LogP) is 4.95. The summed E-state index contributed by atoms with van der Waals surface area (Å²) in [5, 5.41) is 11.6. The minimum absolute atomic E-state index is 0.0753. The standard InChI is InChI=1S/C29H33N5O4/c1-3-37-23-16-14-22(15-17-23)34(27(35)19-33-25-12-8-7-11-24(25)31-32-33)28(26-18-13-20(2)38-26)29(36)30-21-9-5-4-6-10-21/h7-8,11-18,21,28H,3-6,9-10,19H2,1-2H3,(H,30,36). The molecule has 0 bridgehead atoms. The van der Waals surface area contributed by atoms with Gasteiger partial charge in [0.2, 0.25) is 5.91 Å². The molecule has 1 unspecified atom stereocenters. The number of amides is 2. The molecule has 0 spiro atoms. The van der Waals surface area contributed by atoms with Crippen LogP contribution < -0.4 is 15.0 Å². The van der Waals surface area contributed by atoms with E-state index in [1.807, 2.05) is 44.2 Å². The Bertz CT molecular complexity index is 1390. The molecule has 9 heteroatoms. The molecule has 0 radical (unpaired) electrons. The molecule has 2 aromatic heterocycles. The summed E-state index contributed by atoms with van der Waals surface area (Å²) in [6, 6.07) is 17.3. The van der Waals surface area contributed by atoms with Crippen LogP contribution in [0.15, 0.2) is 65.1 Å². The number of fused-ring (bicyclic) bond motifs is 1. The fourth-order valence-corrected chi connectivity index (χ4v) is 5.05. The van der Waals surface area contributed by atoms with Gasteiger partial charge in [-0.05, 0) is 75.2 Å². The molecule has 5 rings (SSSR count). The number of aryl methyl sites for hydroxylation is 1. The molecule has 1 atom stereocenters. The van der Waals surface area contributed by atoms with E-state index in [9.17, 15) is 9.59 Å². The molecule has 1 fully saturated rings. The van der Waals surface area contributed by atoms with Gasteiger partial charge in [-0.1, -0.05) is 36.6 Å². The minimum atomic E-state index is -0.995. The Labute approximate surface area is 221 Å². The molecule has 0 saturated heterocycles. The molecule has 1 N–H and O–H groups in total. The zero-order chi connectivity index (χ0) is 26.5. The van der Waals surface area contributed by atoms with Crippen LogP contribution in [-0.2, 0) is 16.1 Å². The molecule has 4 aromatic rings. The third kappa shape index (κ3) is 5.56. The Kier molecular flexibility index (Phi) is 7.72. The Morgan fingerprint density at radius 2 is 1.84 bits per heavy atom. The maximum atomic E-state index is 14.1. The lowest BCUT2D eigenvalue weighted by Gasteiger charge is -2.32. The van der Waals surface area contributed by atoms with Gasteiger partial charge in [-0.3, -0.25) is 14.5 Å². The monoisotopic (exact) mass is 515 g/mol. The molecule has 1 saturated carbocycles. The number of carbonyl (C=O) groups is 2. The molecule has 2 heterocycles. The van der Waals surface area contributed by atoms with Crippen molar-refractivity contribution in [1.29, 1.82) is 0 Å². The summed E-state index contributed by atoms with van der Waals surface area (Å²) < 4.78 is 13.1. The predicted molar refractivity (Wildman–Crippen MR) is 144 cm³/mol. The fourth-order valence-electron chi connectivity index (χ4n) is 5.05. The lowest BCUT2D eigenvalue weighted by Crippen LogP contribution is -2.48. The summed E-state index contributed by atoms with van der Waals surface area (Å²) in [4.78, 5) is 29.5. The summed E-state index contributed by atoms with van der Waals surface area (Å²) in [5.41, 5.74) is 1.99. The van der Waals surface area contributed by atoms with E-state index >= 15 is 0 Å². The summed E-state index contributed by atoms with van der Waals surface area (Å²) in [7, 11) is 0. The van der Waals surface area contributed by atoms with Crippen molar-refractivity contribution in [2.24, 2.45) is 0 Å². The second kappa shape index (κ2) is 11.5. The zero-order valence-electron chi connectivity index (χ0n) is 21.8. The highest BCUT2D eigenvalue weighted by Gasteiger charge is 2.36. The number of para-hydroxylation sites is 1. The van der Waals surface area contributed by atoms with E-state index in [1.165, 1.54) is 11.3 Å². The van der Waals surface area contributed by atoms with Crippen LogP contribution in [-0.4, -0.2) is 39.5 Å². The van der Waals surface area contributed by atoms with Crippen molar-refractivity contribution in [2.45, 2.75) is 64.6 Å². The van der Waals surface area contributed by atoms with E-state index in [2.05, 4.69) is 15.6 Å². The highest BCUT2D eigenvalue weighted by molar-refractivity contribution is 6.01. The zero-order valence-corrected chi connectivity index (χ0v) is 21.8. The first kappa shape index (κ1) is 25.5. The van der Waals surface area contributed by atoms with Crippen LogP contribution >= 0.6 is 0 Å². The molecule has 9 nitrogen and oxygen atoms in total. The van der Waals surface area contributed by atoms with Gasteiger partial charge in [-0.25, -0.2) is 4.68 Å². The minimum Gasteiger partial charge on any atom is -0.494 e. The number of benzene rings is 2. The van der Waals surface area contributed by atoms with Crippen molar-refractivity contribution in [3.8, 4) is 5.75 Å². The Morgan fingerprint density at radius 3 is 2.55 bits per heavy atom. The lowest BCUT2D eigenvalue weighted by atomic mass is 9.95. The molecule has 0 aliphatic heterocycles. The van der Waals surface area contributed by atoms with E-state index in [1.54, 1.807) is 35.0 Å². The topological polar surface area (TPSA) is 102 Å². The Hall–Kier alpha value is -4.14. The number of anilines is 1. The number of aromatic nitrogens is 3. The Morgan fingerprint density at radius 1 is 1.08 bits per heavy atom. The van der Waals surface area contributed by atoms with Gasteiger partial charge in [0, 0.05) is 11.7 Å². The fraction of sp³-hybridized carbons (Fsp3) is 0.379. The first-order valence-electron chi connectivity index (χ1n) is 13.2. The van der Waals surface area contributed by atoms with Crippen molar-refractivity contribution in [3.63, 3.8) is 0 Å². The molecular formula is C29H33N5O4. The van der Waals surface area contributed by atoms with Crippen molar-refractivity contribution in [2.75, 3.05) is 11.5 Å². The van der Waals surface area contributed by atoms with Gasteiger partial charge in [0.05, 0.1) is 12.1 Å². The molecule has 38 heavy (non-hydrogen) atoms. The maximum Gasteiger partial charge on any atom is 0.251 e. The number of nitrogens with zero attached hydrogens (tertiary/aromatic N) is 4. The summed E-state index contributed by atoms with van der Waals surface area (Å²) >= 11 is 0. The van der Waals surface area contributed by atoms with Crippen LogP contribution in [0.4, 0.5) is 5.69 Å². The third-order valence-corrected chi connectivity index (χ3v) is 6.89. The van der Waals surface area contributed by atoms with E-state index < -0.39 is 6.04 Å². The molecule has 1 aliphatic carbocycles. The number of rotatable bonds is 9. The van der Waals surface area contributed by atoms with Crippen LogP contribution in [0.2, 0.25) is 0 Å². The molecule has 198 valence electrons. The van der Waals surface area contributed by atoms with Crippen LogP contribution in [0.1, 0.15) is 56.6 Å². The second-order valence-corrected chi connectivity index (χ2v) is 9.62. The van der Waals surface area contributed by atoms with E-state index in [4.69, 9.17) is 9.15 Å². The van der Waals surface area contributed by atoms with Gasteiger partial charge in [-0.15, -0.1) is 5.10 Å². The molecule has 2 amide bonds. The van der Waals surface area contributed by atoms with Crippen molar-refractivity contribution >= 4 is 28.5 Å². The average Bonchev–Trinajstić information content (AvgIpc) is 3.54. The lowest BCUT2D eigenvalue weighted by molar-refractivity contribution is -0.128. The van der Waals surface area contributed by atoms with Crippen LogP contribution in [0.25, 0.3) is 11.0 Å². The van der Waals surface area contributed by atoms with Crippen molar-refractivity contribution < 1.29 is 18.7 Å². The second-order valence-electron chi connectivity index (χ2n) is 9.62. The van der Waals surface area contributed by atoms with E-state index in [0.29, 0.717) is 35.1 Å². The maximum absolute atomic E-state index is 14.1. The third-order valence-electron chi connectivity index (χ3n) is 6.89. The summed E-state index contributed by atoms with van der Waals surface area (Å²) in [6.45, 7) is 4.17. The number of nitrogens with one attached hydrogen (secondary N) is 1. The van der Waals surface area contributed by atoms with Gasteiger partial charge in [-0.2, -0.15) is 0 Å². The van der Waals surface area contributed by atoms with Crippen LogP contribution in [0.3, 0.4) is 0 Å². The largest absolute Gasteiger partial charge is 0.494 e. The van der Waals surface area contributed by atoms with Gasteiger partial charge >= 0.3 is 0 Å². The molecule has 2 aromatic carbocycles. The highest BCUT2D eigenvalue weighted by atomic mass is 16.5. The van der Waals surface area contributed by atoms with Crippen molar-refractivity contribution in [3.05, 3.63) is 72.2 Å². The number of carbonyl (C=O) groups excluding carboxylic acids is 2. The Balaban J connectivity index is 1.53. The van der Waals surface area contributed by atoms with E-state index in [0.717, 1.165) is 31.2 Å². The first-order chi connectivity index (χ1) is 18.5. The van der Waals surface area contributed by atoms with E-state index in [-0.39, 0.29) is 24.4 Å². The van der Waals surface area contributed by atoms with Gasteiger partial charge in [0.25, 0.3) is 5.91 Å². The number of hydrogen-bond donors (Lipinski definition) is 1. The van der Waals surface area contributed by atoms with Gasteiger partial charge in [0.1, 0.15) is 29.3 Å². The number of ether oxygens (including phenoxy) is 1. The average molecular weight is 516 g/mol. The molecular weight excluding hydrogens is 482 g/mol. The van der Waals surface area contributed by atoms with Gasteiger partial charge < -0.3 is 14.5 Å². The number of hydrogen-bond acceptors (Lipinski definition) is 6. The van der Waals surface area contributed by atoms with Crippen LogP contribution in [0, 0.1) is 6.92 Å². The normalized spacial score (nSPS) is 14.8. The summed E-state index contributed by atoms with van der Waals surface area (Å²) in [6.07, 6.45) is 5.19. The summed E-state index contributed by atoms with van der Waals surface area (Å²) in [5.74, 6) is 1.17. The highest BCUT2D eigenvalue weighted by Crippen LogP contribution is 2.32. The first-order valence-corrected chi connectivity index (χ1v) is 13.2. The SMILES string of the molecule is CCOc1ccc(N(C(=O)Cn2nnc3ccccc32)C(C(=O)NC2CCCCC2)c2ccc(C)o2)cc1.